The molecule has 148 valence electrons. The maximum absolute atomic E-state index is 13.1. The SMILES string of the molecule is CCc1nnc(NC(=O)CCn2cnc3sc(C)c(-c4ccccc4)c3c2=O)s1. The lowest BCUT2D eigenvalue weighted by molar-refractivity contribution is -0.116. The van der Waals surface area contributed by atoms with Gasteiger partial charge in [-0.05, 0) is 18.9 Å². The van der Waals surface area contributed by atoms with Crippen LogP contribution in [0.25, 0.3) is 21.3 Å². The fourth-order valence-corrected chi connectivity index (χ4v) is 4.80. The summed E-state index contributed by atoms with van der Waals surface area (Å²) < 4.78 is 1.50. The number of nitrogens with one attached hydrogen (secondary N) is 1. The molecule has 0 atom stereocenters. The first-order chi connectivity index (χ1) is 14.1. The van der Waals surface area contributed by atoms with Crippen LogP contribution >= 0.6 is 22.7 Å². The number of thiophene rings is 1. The van der Waals surface area contributed by atoms with Crippen molar-refractivity contribution in [2.24, 2.45) is 0 Å². The lowest BCUT2D eigenvalue weighted by atomic mass is 10.0. The van der Waals surface area contributed by atoms with Crippen molar-refractivity contribution < 1.29 is 4.79 Å². The highest BCUT2D eigenvalue weighted by Crippen LogP contribution is 2.35. The lowest BCUT2D eigenvalue weighted by Crippen LogP contribution is -2.23. The summed E-state index contributed by atoms with van der Waals surface area (Å²) in [5, 5.41) is 12.6. The molecule has 0 spiro atoms. The summed E-state index contributed by atoms with van der Waals surface area (Å²) in [5.74, 6) is -0.208. The second-order valence-corrected chi connectivity index (χ2v) is 8.74. The number of hydrogen-bond acceptors (Lipinski definition) is 7. The van der Waals surface area contributed by atoms with Gasteiger partial charge in [0, 0.05) is 23.4 Å². The van der Waals surface area contributed by atoms with Gasteiger partial charge < -0.3 is 5.32 Å². The van der Waals surface area contributed by atoms with Crippen LogP contribution in [0.2, 0.25) is 0 Å². The Morgan fingerprint density at radius 1 is 1.17 bits per heavy atom. The van der Waals surface area contributed by atoms with Crippen molar-refractivity contribution in [2.45, 2.75) is 33.2 Å². The van der Waals surface area contributed by atoms with E-state index in [4.69, 9.17) is 0 Å². The largest absolute Gasteiger partial charge is 0.300 e. The fraction of sp³-hybridized carbons (Fsp3) is 0.250. The van der Waals surface area contributed by atoms with Gasteiger partial charge in [0.1, 0.15) is 9.84 Å². The van der Waals surface area contributed by atoms with Crippen molar-refractivity contribution in [2.75, 3.05) is 5.32 Å². The molecule has 1 amide bonds. The predicted molar refractivity (Wildman–Crippen MR) is 117 cm³/mol. The van der Waals surface area contributed by atoms with E-state index in [1.165, 1.54) is 33.6 Å². The van der Waals surface area contributed by atoms with Gasteiger partial charge in [-0.2, -0.15) is 0 Å². The number of rotatable bonds is 6. The molecule has 3 heterocycles. The Morgan fingerprint density at radius 3 is 2.69 bits per heavy atom. The highest BCUT2D eigenvalue weighted by molar-refractivity contribution is 7.19. The molecule has 1 N–H and O–H groups in total. The van der Waals surface area contributed by atoms with Gasteiger partial charge in [-0.15, -0.1) is 21.5 Å². The van der Waals surface area contributed by atoms with Crippen LogP contribution in [0, 0.1) is 6.92 Å². The van der Waals surface area contributed by atoms with E-state index in [9.17, 15) is 9.59 Å². The molecular weight excluding hydrogens is 406 g/mol. The molecule has 0 saturated heterocycles. The molecule has 0 bridgehead atoms. The van der Waals surface area contributed by atoms with Crippen molar-refractivity contribution in [1.29, 1.82) is 0 Å². The van der Waals surface area contributed by atoms with Gasteiger partial charge in [-0.25, -0.2) is 4.98 Å². The molecular formula is C20H19N5O2S2. The quantitative estimate of drug-likeness (QED) is 0.506. The van der Waals surface area contributed by atoms with E-state index in [0.717, 1.165) is 27.4 Å². The first-order valence-corrected chi connectivity index (χ1v) is 10.9. The minimum Gasteiger partial charge on any atom is -0.300 e. The van der Waals surface area contributed by atoms with Crippen LogP contribution in [0.4, 0.5) is 5.13 Å². The Hall–Kier alpha value is -2.91. The summed E-state index contributed by atoms with van der Waals surface area (Å²) in [6.45, 7) is 4.23. The molecule has 0 fully saturated rings. The van der Waals surface area contributed by atoms with Gasteiger partial charge in [0.05, 0.1) is 11.7 Å². The summed E-state index contributed by atoms with van der Waals surface area (Å²) in [6.07, 6.45) is 2.44. The first kappa shape index (κ1) is 19.4. The van der Waals surface area contributed by atoms with Crippen LogP contribution in [-0.2, 0) is 17.8 Å². The third kappa shape index (κ3) is 3.96. The summed E-state index contributed by atoms with van der Waals surface area (Å²) in [6, 6.07) is 9.84. The minimum atomic E-state index is -0.208. The number of carbonyl (C=O) groups excluding carboxylic acids is 1. The van der Waals surface area contributed by atoms with Crippen LogP contribution in [0.1, 0.15) is 23.2 Å². The maximum Gasteiger partial charge on any atom is 0.262 e. The van der Waals surface area contributed by atoms with Crippen molar-refractivity contribution in [3.8, 4) is 11.1 Å². The minimum absolute atomic E-state index is 0.129. The zero-order valence-electron chi connectivity index (χ0n) is 16.0. The normalized spacial score (nSPS) is 11.1. The van der Waals surface area contributed by atoms with Crippen molar-refractivity contribution in [3.63, 3.8) is 0 Å². The monoisotopic (exact) mass is 425 g/mol. The Bertz CT molecular complexity index is 1230. The zero-order valence-corrected chi connectivity index (χ0v) is 17.6. The topological polar surface area (TPSA) is 89.8 Å². The number of fused-ring (bicyclic) bond motifs is 1. The third-order valence-corrected chi connectivity index (χ3v) is 6.51. The molecule has 4 aromatic rings. The second-order valence-electron chi connectivity index (χ2n) is 6.48. The summed E-state index contributed by atoms with van der Waals surface area (Å²) in [4.78, 5) is 31.6. The predicted octanol–water partition coefficient (Wildman–Crippen LogP) is 3.88. The van der Waals surface area contributed by atoms with Crippen LogP contribution in [0.15, 0.2) is 41.5 Å². The first-order valence-electron chi connectivity index (χ1n) is 9.23. The van der Waals surface area contributed by atoms with E-state index < -0.39 is 0 Å². The maximum atomic E-state index is 13.1. The number of benzene rings is 1. The standard InChI is InChI=1S/C20H19N5O2S2/c1-3-15-23-24-20(29-15)22-14(26)9-10-25-11-21-18-17(19(25)27)16(12(2)28-18)13-7-5-4-6-8-13/h4-8,11H,3,9-10H2,1-2H3,(H,22,24,26). The van der Waals surface area contributed by atoms with Crippen molar-refractivity contribution in [3.05, 3.63) is 56.9 Å². The smallest absolute Gasteiger partial charge is 0.262 e. The number of anilines is 1. The molecule has 0 unspecified atom stereocenters. The van der Waals surface area contributed by atoms with Crippen LogP contribution in [0.3, 0.4) is 0 Å². The Balaban J connectivity index is 1.57. The van der Waals surface area contributed by atoms with E-state index in [1.54, 1.807) is 0 Å². The molecule has 1 aromatic carbocycles. The molecule has 0 saturated carbocycles. The van der Waals surface area contributed by atoms with Gasteiger partial charge in [0.15, 0.2) is 0 Å². The molecule has 29 heavy (non-hydrogen) atoms. The van der Waals surface area contributed by atoms with E-state index in [0.29, 0.717) is 15.3 Å². The van der Waals surface area contributed by atoms with Crippen molar-refractivity contribution >= 4 is 43.9 Å². The van der Waals surface area contributed by atoms with E-state index in [2.05, 4.69) is 20.5 Å². The number of aromatic nitrogens is 4. The van der Waals surface area contributed by atoms with Gasteiger partial charge in [0.25, 0.3) is 5.56 Å². The van der Waals surface area contributed by atoms with Crippen molar-refractivity contribution in [1.82, 2.24) is 19.7 Å². The molecule has 9 heteroatoms. The van der Waals surface area contributed by atoms with E-state index >= 15 is 0 Å². The van der Waals surface area contributed by atoms with Gasteiger partial charge in [0.2, 0.25) is 11.0 Å². The average molecular weight is 426 g/mol. The molecule has 7 nitrogen and oxygen atoms in total. The van der Waals surface area contributed by atoms with E-state index in [1.807, 2.05) is 44.2 Å². The number of carbonyl (C=O) groups is 1. The molecule has 0 radical (unpaired) electrons. The van der Waals surface area contributed by atoms with Gasteiger partial charge >= 0.3 is 0 Å². The summed E-state index contributed by atoms with van der Waals surface area (Å²) >= 11 is 2.87. The van der Waals surface area contributed by atoms with E-state index in [-0.39, 0.29) is 24.4 Å². The fourth-order valence-electron chi connectivity index (χ4n) is 3.10. The Labute approximate surface area is 175 Å². The highest BCUT2D eigenvalue weighted by Gasteiger charge is 2.17. The zero-order chi connectivity index (χ0) is 20.4. The van der Waals surface area contributed by atoms with Crippen LogP contribution in [-0.4, -0.2) is 25.7 Å². The summed E-state index contributed by atoms with van der Waals surface area (Å²) in [5.41, 5.74) is 1.78. The highest BCUT2D eigenvalue weighted by atomic mass is 32.1. The molecule has 0 aliphatic heterocycles. The summed E-state index contributed by atoms with van der Waals surface area (Å²) in [7, 11) is 0. The molecule has 3 aromatic heterocycles. The average Bonchev–Trinajstić information content (AvgIpc) is 3.31. The molecule has 0 aliphatic carbocycles. The molecule has 4 rings (SSSR count). The lowest BCUT2D eigenvalue weighted by Gasteiger charge is -2.06. The van der Waals surface area contributed by atoms with Gasteiger partial charge in [-0.3, -0.25) is 14.2 Å². The second kappa shape index (κ2) is 8.22. The van der Waals surface area contributed by atoms with Gasteiger partial charge in [-0.1, -0.05) is 48.6 Å². The number of amides is 1. The number of aryl methyl sites for hydroxylation is 3. The van der Waals surface area contributed by atoms with Crippen LogP contribution < -0.4 is 10.9 Å². The third-order valence-electron chi connectivity index (χ3n) is 4.51. The number of hydrogen-bond donors (Lipinski definition) is 1. The number of nitrogens with zero attached hydrogens (tertiary/aromatic N) is 4. The molecule has 0 aliphatic rings. The van der Waals surface area contributed by atoms with Crippen LogP contribution in [0.5, 0.6) is 0 Å². The Morgan fingerprint density at radius 2 is 1.97 bits per heavy atom. The Kier molecular flexibility index (Phi) is 5.50.